The Morgan fingerprint density at radius 2 is 2.23 bits per heavy atom. The van der Waals surface area contributed by atoms with Gasteiger partial charge in [0, 0.05) is 24.7 Å². The van der Waals surface area contributed by atoms with Gasteiger partial charge in [0.1, 0.15) is 5.75 Å². The van der Waals surface area contributed by atoms with Gasteiger partial charge in [-0.25, -0.2) is 4.98 Å². The number of rotatable bonds is 6. The summed E-state index contributed by atoms with van der Waals surface area (Å²) in [6.07, 6.45) is 1.84. The summed E-state index contributed by atoms with van der Waals surface area (Å²) in [6.45, 7) is 2.42. The highest BCUT2D eigenvalue weighted by Gasteiger charge is 2.35. The molecule has 26 heavy (non-hydrogen) atoms. The van der Waals surface area contributed by atoms with Crippen LogP contribution in [0.3, 0.4) is 0 Å². The Labute approximate surface area is 156 Å². The lowest BCUT2D eigenvalue weighted by molar-refractivity contribution is -0.122. The minimum atomic E-state index is -0.390. The van der Waals surface area contributed by atoms with E-state index in [4.69, 9.17) is 4.74 Å². The van der Waals surface area contributed by atoms with Crippen molar-refractivity contribution in [1.82, 2.24) is 4.98 Å². The molecule has 0 bridgehead atoms. The highest BCUT2D eigenvalue weighted by Crippen LogP contribution is 2.28. The van der Waals surface area contributed by atoms with Gasteiger partial charge in [-0.05, 0) is 30.0 Å². The smallest absolute Gasteiger partial charge is 0.229 e. The van der Waals surface area contributed by atoms with E-state index in [0.717, 1.165) is 16.5 Å². The topological polar surface area (TPSA) is 71.5 Å². The predicted molar refractivity (Wildman–Crippen MR) is 103 cm³/mol. The van der Waals surface area contributed by atoms with E-state index in [-0.39, 0.29) is 18.2 Å². The molecule has 1 aliphatic heterocycles. The lowest BCUT2D eigenvalue weighted by Gasteiger charge is -2.17. The zero-order valence-corrected chi connectivity index (χ0v) is 15.6. The van der Waals surface area contributed by atoms with Crippen LogP contribution in [0.25, 0.3) is 0 Å². The molecule has 7 heteroatoms. The number of aromatic nitrogens is 1. The van der Waals surface area contributed by atoms with Crippen molar-refractivity contribution in [3.05, 3.63) is 42.6 Å². The fourth-order valence-corrected chi connectivity index (χ4v) is 3.43. The first-order valence-electron chi connectivity index (χ1n) is 8.45. The van der Waals surface area contributed by atoms with Gasteiger partial charge in [0.2, 0.25) is 11.8 Å². The predicted octanol–water partition coefficient (Wildman–Crippen LogP) is 3.19. The second-order valence-electron chi connectivity index (χ2n) is 5.91. The maximum Gasteiger partial charge on any atom is 0.229 e. The van der Waals surface area contributed by atoms with Crippen molar-refractivity contribution in [2.75, 3.05) is 29.6 Å². The average Bonchev–Trinajstić information content (AvgIpc) is 3.05. The summed E-state index contributed by atoms with van der Waals surface area (Å²) in [7, 11) is 1.58. The molecule has 1 fully saturated rings. The van der Waals surface area contributed by atoms with Crippen molar-refractivity contribution in [1.29, 1.82) is 0 Å². The quantitative estimate of drug-likeness (QED) is 0.790. The lowest BCUT2D eigenvalue weighted by atomic mass is 10.1. The van der Waals surface area contributed by atoms with E-state index < -0.39 is 5.92 Å². The van der Waals surface area contributed by atoms with Gasteiger partial charge in [-0.1, -0.05) is 13.0 Å². The van der Waals surface area contributed by atoms with Crippen molar-refractivity contribution >= 4 is 35.0 Å². The molecule has 136 valence electrons. The second-order valence-corrected chi connectivity index (χ2v) is 7.20. The number of anilines is 2. The molecule has 1 unspecified atom stereocenters. The minimum absolute atomic E-state index is 0.0637. The summed E-state index contributed by atoms with van der Waals surface area (Å²) in [5.41, 5.74) is 1.38. The number of thioether (sulfide) groups is 1. The van der Waals surface area contributed by atoms with E-state index >= 15 is 0 Å². The molecule has 2 amide bonds. The Kier molecular flexibility index (Phi) is 5.78. The largest absolute Gasteiger partial charge is 0.497 e. The number of amides is 2. The van der Waals surface area contributed by atoms with E-state index in [1.165, 1.54) is 0 Å². The number of pyridine rings is 1. The Morgan fingerprint density at radius 3 is 2.92 bits per heavy atom. The molecule has 2 heterocycles. The Morgan fingerprint density at radius 1 is 1.38 bits per heavy atom. The summed E-state index contributed by atoms with van der Waals surface area (Å²) >= 11 is 1.64. The number of hydrogen-bond donors (Lipinski definition) is 1. The summed E-state index contributed by atoms with van der Waals surface area (Å²) in [5, 5.41) is 3.78. The summed E-state index contributed by atoms with van der Waals surface area (Å²) in [6, 6.07) is 11.0. The van der Waals surface area contributed by atoms with Crippen molar-refractivity contribution < 1.29 is 14.3 Å². The van der Waals surface area contributed by atoms with Crippen LogP contribution in [-0.2, 0) is 9.59 Å². The number of hydrogen-bond acceptors (Lipinski definition) is 5. The van der Waals surface area contributed by atoms with Crippen LogP contribution in [0.15, 0.2) is 47.6 Å². The molecule has 2 aromatic rings. The average molecular weight is 371 g/mol. The number of carbonyl (C=O) groups is 2. The van der Waals surface area contributed by atoms with Crippen molar-refractivity contribution in [3.8, 4) is 5.75 Å². The van der Waals surface area contributed by atoms with E-state index in [9.17, 15) is 9.59 Å². The first-order chi connectivity index (χ1) is 12.6. The van der Waals surface area contributed by atoms with Gasteiger partial charge in [0.15, 0.2) is 0 Å². The van der Waals surface area contributed by atoms with Gasteiger partial charge in [-0.2, -0.15) is 0 Å². The molecule has 1 N–H and O–H groups in total. The van der Waals surface area contributed by atoms with E-state index in [1.807, 2.05) is 30.3 Å². The molecule has 6 nitrogen and oxygen atoms in total. The van der Waals surface area contributed by atoms with Crippen LogP contribution in [-0.4, -0.2) is 36.2 Å². The molecule has 1 aromatic carbocycles. The molecule has 0 aliphatic carbocycles. The van der Waals surface area contributed by atoms with Gasteiger partial charge in [0.05, 0.1) is 29.9 Å². The highest BCUT2D eigenvalue weighted by atomic mass is 32.2. The van der Waals surface area contributed by atoms with E-state index in [2.05, 4.69) is 17.2 Å². The van der Waals surface area contributed by atoms with E-state index in [1.54, 1.807) is 36.0 Å². The first kappa shape index (κ1) is 18.3. The SMILES string of the molecule is CCSc1ccc(NC(=O)C2CC(=O)N(c3cccc(OC)c3)C2)cn1. The number of methoxy groups -OCH3 is 1. The molecule has 1 saturated heterocycles. The second kappa shape index (κ2) is 8.23. The molecule has 1 aromatic heterocycles. The molecule has 0 radical (unpaired) electrons. The molecular weight excluding hydrogens is 350 g/mol. The molecule has 1 atom stereocenters. The number of carbonyl (C=O) groups excluding carboxylic acids is 2. The zero-order valence-electron chi connectivity index (χ0n) is 14.8. The summed E-state index contributed by atoms with van der Waals surface area (Å²) in [5.74, 6) is 1.01. The minimum Gasteiger partial charge on any atom is -0.497 e. The van der Waals surface area contributed by atoms with Gasteiger partial charge < -0.3 is 15.0 Å². The lowest BCUT2D eigenvalue weighted by Crippen LogP contribution is -2.28. The van der Waals surface area contributed by atoms with Crippen LogP contribution in [0.2, 0.25) is 0 Å². The van der Waals surface area contributed by atoms with Crippen molar-refractivity contribution in [3.63, 3.8) is 0 Å². The van der Waals surface area contributed by atoms with Crippen LogP contribution >= 0.6 is 11.8 Å². The van der Waals surface area contributed by atoms with Crippen LogP contribution in [0, 0.1) is 5.92 Å². The van der Waals surface area contributed by atoms with Crippen LogP contribution in [0.4, 0.5) is 11.4 Å². The maximum atomic E-state index is 12.5. The molecule has 3 rings (SSSR count). The van der Waals surface area contributed by atoms with E-state index in [0.29, 0.717) is 18.0 Å². The first-order valence-corrected chi connectivity index (χ1v) is 9.43. The number of ether oxygens (including phenoxy) is 1. The Hall–Kier alpha value is -2.54. The third kappa shape index (κ3) is 4.16. The number of nitrogens with one attached hydrogen (secondary N) is 1. The number of benzene rings is 1. The number of nitrogens with zero attached hydrogens (tertiary/aromatic N) is 2. The standard InChI is InChI=1S/C19H21N3O3S/c1-3-26-17-8-7-14(11-20-17)21-19(24)13-9-18(23)22(12-13)15-5-4-6-16(10-15)25-2/h4-8,10-11,13H,3,9,12H2,1-2H3,(H,21,24). The van der Waals surface area contributed by atoms with Gasteiger partial charge >= 0.3 is 0 Å². The summed E-state index contributed by atoms with van der Waals surface area (Å²) < 4.78 is 5.20. The van der Waals surface area contributed by atoms with Crippen LogP contribution in [0.1, 0.15) is 13.3 Å². The van der Waals surface area contributed by atoms with Crippen molar-refractivity contribution in [2.24, 2.45) is 5.92 Å². The monoisotopic (exact) mass is 371 g/mol. The van der Waals surface area contributed by atoms with Gasteiger partial charge in [0.25, 0.3) is 0 Å². The molecule has 0 spiro atoms. The van der Waals surface area contributed by atoms with Gasteiger partial charge in [-0.3, -0.25) is 9.59 Å². The normalized spacial score (nSPS) is 16.6. The fraction of sp³-hybridized carbons (Fsp3) is 0.316. The fourth-order valence-electron chi connectivity index (χ4n) is 2.84. The van der Waals surface area contributed by atoms with Gasteiger partial charge in [-0.15, -0.1) is 11.8 Å². The van der Waals surface area contributed by atoms with Crippen LogP contribution in [0.5, 0.6) is 5.75 Å². The third-order valence-electron chi connectivity index (χ3n) is 4.16. The Balaban J connectivity index is 1.64. The maximum absolute atomic E-state index is 12.5. The molecule has 0 saturated carbocycles. The highest BCUT2D eigenvalue weighted by molar-refractivity contribution is 7.99. The zero-order chi connectivity index (χ0) is 18.5. The third-order valence-corrected chi connectivity index (χ3v) is 4.98. The molecule has 1 aliphatic rings. The Bertz CT molecular complexity index is 795. The summed E-state index contributed by atoms with van der Waals surface area (Å²) in [4.78, 5) is 30.8. The van der Waals surface area contributed by atoms with Crippen LogP contribution < -0.4 is 15.0 Å². The molecular formula is C19H21N3O3S. The van der Waals surface area contributed by atoms with Crippen molar-refractivity contribution in [2.45, 2.75) is 18.4 Å².